The maximum absolute atomic E-state index is 12.0. The highest BCUT2D eigenvalue weighted by atomic mass is 16.4. The van der Waals surface area contributed by atoms with E-state index in [-0.39, 0.29) is 23.7 Å². The van der Waals surface area contributed by atoms with Crippen molar-refractivity contribution in [1.82, 2.24) is 5.32 Å². The number of hydrogen-bond acceptors (Lipinski definition) is 2. The third-order valence-corrected chi connectivity index (χ3v) is 3.90. The summed E-state index contributed by atoms with van der Waals surface area (Å²) in [4.78, 5) is 22.5. The molecule has 98 valence electrons. The van der Waals surface area contributed by atoms with Crippen molar-refractivity contribution in [3.05, 3.63) is 0 Å². The second-order valence-electron chi connectivity index (χ2n) is 6.03. The maximum Gasteiger partial charge on any atom is 0.303 e. The fraction of sp³-hybridized carbons (Fsp3) is 0.846. The van der Waals surface area contributed by atoms with Crippen molar-refractivity contribution in [2.45, 2.75) is 58.9 Å². The zero-order valence-corrected chi connectivity index (χ0v) is 11.2. The number of carboxylic acid groups (broad SMARTS) is 1. The molecule has 0 heterocycles. The second-order valence-corrected chi connectivity index (χ2v) is 6.03. The van der Waals surface area contributed by atoms with Crippen LogP contribution in [0.5, 0.6) is 0 Å². The van der Waals surface area contributed by atoms with Gasteiger partial charge in [0.15, 0.2) is 0 Å². The van der Waals surface area contributed by atoms with Crippen molar-refractivity contribution >= 4 is 11.9 Å². The lowest BCUT2D eigenvalue weighted by Gasteiger charge is -2.26. The topological polar surface area (TPSA) is 66.4 Å². The molecule has 0 spiro atoms. The number of aliphatic carboxylic acids is 1. The summed E-state index contributed by atoms with van der Waals surface area (Å²) in [5, 5.41) is 11.6. The third-order valence-electron chi connectivity index (χ3n) is 3.90. The summed E-state index contributed by atoms with van der Waals surface area (Å²) in [6, 6.07) is 0. The third kappa shape index (κ3) is 3.72. The summed E-state index contributed by atoms with van der Waals surface area (Å²) >= 11 is 0. The van der Waals surface area contributed by atoms with Crippen LogP contribution in [0.4, 0.5) is 0 Å². The van der Waals surface area contributed by atoms with Crippen LogP contribution in [-0.4, -0.2) is 22.5 Å². The van der Waals surface area contributed by atoms with Crippen LogP contribution in [0.2, 0.25) is 0 Å². The van der Waals surface area contributed by atoms with Crippen LogP contribution in [0.1, 0.15) is 53.4 Å². The van der Waals surface area contributed by atoms with E-state index in [1.807, 2.05) is 13.8 Å². The molecule has 1 aliphatic rings. The first-order valence-electron chi connectivity index (χ1n) is 6.24. The molecule has 2 N–H and O–H groups in total. The Hall–Kier alpha value is -1.06. The quantitative estimate of drug-likeness (QED) is 0.749. The number of hydrogen-bond donors (Lipinski definition) is 2. The predicted molar refractivity (Wildman–Crippen MR) is 65.6 cm³/mol. The molecule has 17 heavy (non-hydrogen) atoms. The summed E-state index contributed by atoms with van der Waals surface area (Å²) in [5.41, 5.74) is -0.278. The van der Waals surface area contributed by atoms with Gasteiger partial charge >= 0.3 is 5.97 Å². The molecular formula is C13H23NO3. The molecular weight excluding hydrogens is 218 g/mol. The molecule has 1 fully saturated rings. The minimum Gasteiger partial charge on any atom is -0.481 e. The Kier molecular flexibility index (Phi) is 3.84. The van der Waals surface area contributed by atoms with Gasteiger partial charge in [-0.2, -0.15) is 0 Å². The molecule has 2 atom stereocenters. The van der Waals surface area contributed by atoms with Gasteiger partial charge in [0.1, 0.15) is 0 Å². The van der Waals surface area contributed by atoms with Crippen molar-refractivity contribution < 1.29 is 14.7 Å². The standard InChI is InChI=1S/C13H23NO3/c1-5-13(4)8-9(13)11(17)14-12(2,3)7-6-10(15)16/h9H,5-8H2,1-4H3,(H,14,17)(H,15,16)/t9-,13+/m0/s1. The zero-order chi connectivity index (χ0) is 13.3. The van der Waals surface area contributed by atoms with Crippen molar-refractivity contribution in [3.63, 3.8) is 0 Å². The minimum absolute atomic E-state index is 0.0738. The SMILES string of the molecule is CC[C@]1(C)C[C@H]1C(=O)NC(C)(C)CCC(=O)O. The normalized spacial score (nSPS) is 27.6. The van der Waals surface area contributed by atoms with E-state index in [1.165, 1.54) is 0 Å². The van der Waals surface area contributed by atoms with E-state index in [2.05, 4.69) is 19.2 Å². The molecule has 0 aliphatic heterocycles. The van der Waals surface area contributed by atoms with Crippen molar-refractivity contribution in [2.24, 2.45) is 11.3 Å². The van der Waals surface area contributed by atoms with Gasteiger partial charge in [0.25, 0.3) is 0 Å². The maximum atomic E-state index is 12.0. The van der Waals surface area contributed by atoms with Gasteiger partial charge < -0.3 is 10.4 Å². The van der Waals surface area contributed by atoms with Crippen LogP contribution in [0.15, 0.2) is 0 Å². The summed E-state index contributed by atoms with van der Waals surface area (Å²) in [6.45, 7) is 7.98. The van der Waals surface area contributed by atoms with Gasteiger partial charge in [-0.3, -0.25) is 9.59 Å². The van der Waals surface area contributed by atoms with Gasteiger partial charge in [0, 0.05) is 17.9 Å². The number of carboxylic acids is 1. The van der Waals surface area contributed by atoms with Crippen molar-refractivity contribution in [1.29, 1.82) is 0 Å². The smallest absolute Gasteiger partial charge is 0.303 e. The van der Waals surface area contributed by atoms with Crippen LogP contribution >= 0.6 is 0 Å². The Labute approximate surface area is 103 Å². The van der Waals surface area contributed by atoms with E-state index >= 15 is 0 Å². The highest BCUT2D eigenvalue weighted by molar-refractivity contribution is 5.83. The monoisotopic (exact) mass is 241 g/mol. The molecule has 0 unspecified atom stereocenters. The van der Waals surface area contributed by atoms with E-state index in [0.717, 1.165) is 12.8 Å². The second kappa shape index (κ2) is 4.67. The molecule has 0 saturated heterocycles. The van der Waals surface area contributed by atoms with E-state index in [9.17, 15) is 9.59 Å². The Balaban J connectivity index is 2.43. The van der Waals surface area contributed by atoms with Gasteiger partial charge in [0.05, 0.1) is 0 Å². The van der Waals surface area contributed by atoms with Gasteiger partial charge in [-0.05, 0) is 38.5 Å². The molecule has 1 amide bonds. The minimum atomic E-state index is -0.822. The zero-order valence-electron chi connectivity index (χ0n) is 11.2. The molecule has 1 rings (SSSR count). The molecule has 0 radical (unpaired) electrons. The van der Waals surface area contributed by atoms with E-state index in [0.29, 0.717) is 6.42 Å². The first kappa shape index (κ1) is 14.0. The molecule has 4 nitrogen and oxygen atoms in total. The molecule has 0 aromatic heterocycles. The molecule has 0 bridgehead atoms. The van der Waals surface area contributed by atoms with Gasteiger partial charge in [-0.1, -0.05) is 13.8 Å². The summed E-state index contributed by atoms with van der Waals surface area (Å²) < 4.78 is 0. The highest BCUT2D eigenvalue weighted by Crippen LogP contribution is 2.54. The van der Waals surface area contributed by atoms with Crippen LogP contribution in [0.25, 0.3) is 0 Å². The summed E-state index contributed by atoms with van der Waals surface area (Å²) in [6.07, 6.45) is 2.51. The molecule has 1 aliphatic carbocycles. The number of nitrogens with one attached hydrogen (secondary N) is 1. The lowest BCUT2D eigenvalue weighted by molar-refractivity contribution is -0.138. The average molecular weight is 241 g/mol. The van der Waals surface area contributed by atoms with Crippen LogP contribution in [0, 0.1) is 11.3 Å². The number of rotatable bonds is 6. The van der Waals surface area contributed by atoms with Gasteiger partial charge in [-0.15, -0.1) is 0 Å². The van der Waals surface area contributed by atoms with Crippen molar-refractivity contribution in [3.8, 4) is 0 Å². The fourth-order valence-electron chi connectivity index (χ4n) is 2.11. The fourth-order valence-corrected chi connectivity index (χ4v) is 2.11. The summed E-state index contributed by atoms with van der Waals surface area (Å²) in [7, 11) is 0. The van der Waals surface area contributed by atoms with Crippen LogP contribution in [-0.2, 0) is 9.59 Å². The largest absolute Gasteiger partial charge is 0.481 e. The Morgan fingerprint density at radius 3 is 2.47 bits per heavy atom. The first-order valence-corrected chi connectivity index (χ1v) is 6.24. The van der Waals surface area contributed by atoms with E-state index in [1.54, 1.807) is 0 Å². The van der Waals surface area contributed by atoms with E-state index in [4.69, 9.17) is 5.11 Å². The Morgan fingerprint density at radius 1 is 1.47 bits per heavy atom. The number of carbonyl (C=O) groups excluding carboxylic acids is 1. The van der Waals surface area contributed by atoms with Gasteiger partial charge in [-0.25, -0.2) is 0 Å². The van der Waals surface area contributed by atoms with Crippen LogP contribution < -0.4 is 5.32 Å². The first-order chi connectivity index (χ1) is 7.70. The lowest BCUT2D eigenvalue weighted by atomic mass is 9.97. The molecule has 4 heteroatoms. The van der Waals surface area contributed by atoms with Crippen LogP contribution in [0.3, 0.4) is 0 Å². The molecule has 0 aromatic carbocycles. The number of amides is 1. The molecule has 0 aromatic rings. The highest BCUT2D eigenvalue weighted by Gasteiger charge is 2.53. The molecule has 1 saturated carbocycles. The Bertz CT molecular complexity index is 325. The van der Waals surface area contributed by atoms with Gasteiger partial charge in [0.2, 0.25) is 5.91 Å². The Morgan fingerprint density at radius 2 is 2.06 bits per heavy atom. The number of carbonyl (C=O) groups is 2. The van der Waals surface area contributed by atoms with E-state index < -0.39 is 11.5 Å². The average Bonchev–Trinajstić information content (AvgIpc) is 2.89. The summed E-state index contributed by atoms with van der Waals surface area (Å²) in [5.74, 6) is -0.640. The predicted octanol–water partition coefficient (Wildman–Crippen LogP) is 2.18. The van der Waals surface area contributed by atoms with Crippen molar-refractivity contribution in [2.75, 3.05) is 0 Å². The lowest BCUT2D eigenvalue weighted by Crippen LogP contribution is -2.45.